The van der Waals surface area contributed by atoms with Crippen LogP contribution in [0, 0.1) is 10.1 Å². The number of carbonyl (C=O) groups excluding carboxylic acids is 2. The molecule has 0 aromatic heterocycles. The van der Waals surface area contributed by atoms with E-state index in [1.165, 1.54) is 30.8 Å². The molecule has 8 heteroatoms. The minimum Gasteiger partial charge on any atom is -0.344 e. The Morgan fingerprint density at radius 2 is 1.89 bits per heavy atom. The number of non-ortho nitro benzene ring substituents is 1. The monoisotopic (exact) mass is 387 g/mol. The Morgan fingerprint density at radius 1 is 1.19 bits per heavy atom. The third kappa shape index (κ3) is 6.41. The van der Waals surface area contributed by atoms with Gasteiger partial charge in [-0.05, 0) is 11.6 Å². The molecule has 0 aliphatic rings. The maximum absolute atomic E-state index is 12.8. The van der Waals surface area contributed by atoms with Crippen LogP contribution >= 0.6 is 11.8 Å². The average Bonchev–Trinajstić information content (AvgIpc) is 2.65. The van der Waals surface area contributed by atoms with Crippen molar-refractivity contribution >= 4 is 29.3 Å². The van der Waals surface area contributed by atoms with Crippen molar-refractivity contribution in [2.75, 3.05) is 12.8 Å². The SMILES string of the molecule is CC(=O)NC(CSc1cccc([N+](=O)[O-])c1)C(=O)N(C)Cc1ccccc1. The van der Waals surface area contributed by atoms with E-state index >= 15 is 0 Å². The van der Waals surface area contributed by atoms with Crippen LogP contribution in [0.5, 0.6) is 0 Å². The summed E-state index contributed by atoms with van der Waals surface area (Å²) in [6.07, 6.45) is 0. The molecule has 0 spiro atoms. The van der Waals surface area contributed by atoms with Gasteiger partial charge >= 0.3 is 0 Å². The predicted octanol–water partition coefficient (Wildman–Crippen LogP) is 2.85. The molecule has 0 saturated heterocycles. The van der Waals surface area contributed by atoms with Gasteiger partial charge in [0.15, 0.2) is 0 Å². The van der Waals surface area contributed by atoms with Crippen molar-refractivity contribution < 1.29 is 14.5 Å². The molecule has 0 fully saturated rings. The lowest BCUT2D eigenvalue weighted by Crippen LogP contribution is -2.48. The molecular weight excluding hydrogens is 366 g/mol. The molecule has 0 aliphatic heterocycles. The van der Waals surface area contributed by atoms with Crippen molar-refractivity contribution in [1.82, 2.24) is 10.2 Å². The van der Waals surface area contributed by atoms with Crippen LogP contribution in [0.1, 0.15) is 12.5 Å². The van der Waals surface area contributed by atoms with Crippen molar-refractivity contribution in [2.45, 2.75) is 24.4 Å². The number of nitrogens with zero attached hydrogens (tertiary/aromatic N) is 2. The Bertz CT molecular complexity index is 814. The number of rotatable bonds is 8. The first kappa shape index (κ1) is 20.4. The van der Waals surface area contributed by atoms with E-state index in [1.807, 2.05) is 30.3 Å². The maximum atomic E-state index is 12.8. The fourth-order valence-corrected chi connectivity index (χ4v) is 3.45. The summed E-state index contributed by atoms with van der Waals surface area (Å²) in [5.41, 5.74) is 0.977. The Morgan fingerprint density at radius 3 is 2.52 bits per heavy atom. The van der Waals surface area contributed by atoms with E-state index in [1.54, 1.807) is 24.1 Å². The summed E-state index contributed by atoms with van der Waals surface area (Å²) in [6, 6.07) is 15.0. The van der Waals surface area contributed by atoms with E-state index in [4.69, 9.17) is 0 Å². The van der Waals surface area contributed by atoms with Crippen LogP contribution in [-0.2, 0) is 16.1 Å². The number of benzene rings is 2. The van der Waals surface area contributed by atoms with Gasteiger partial charge in [-0.2, -0.15) is 0 Å². The van der Waals surface area contributed by atoms with Gasteiger partial charge < -0.3 is 10.2 Å². The minimum atomic E-state index is -0.722. The van der Waals surface area contributed by atoms with Crippen LogP contribution in [0.3, 0.4) is 0 Å². The molecule has 2 rings (SSSR count). The normalized spacial score (nSPS) is 11.5. The van der Waals surface area contributed by atoms with E-state index in [9.17, 15) is 19.7 Å². The quantitative estimate of drug-likeness (QED) is 0.427. The number of likely N-dealkylation sites (N-methyl/N-ethyl adjacent to an activating group) is 1. The van der Waals surface area contributed by atoms with Gasteiger partial charge in [0.2, 0.25) is 11.8 Å². The van der Waals surface area contributed by atoms with Crippen molar-refractivity contribution in [3.8, 4) is 0 Å². The molecule has 1 atom stereocenters. The third-order valence-electron chi connectivity index (χ3n) is 3.76. The average molecular weight is 387 g/mol. The highest BCUT2D eigenvalue weighted by molar-refractivity contribution is 7.99. The molecular formula is C19H21N3O4S. The molecule has 0 radical (unpaired) electrons. The molecule has 0 aliphatic carbocycles. The van der Waals surface area contributed by atoms with Crippen LogP contribution in [0.2, 0.25) is 0 Å². The molecule has 0 bridgehead atoms. The number of nitro groups is 1. The first-order valence-corrected chi connectivity index (χ1v) is 9.28. The smallest absolute Gasteiger partial charge is 0.270 e. The minimum absolute atomic E-state index is 0.0106. The Labute approximate surface area is 161 Å². The van der Waals surface area contributed by atoms with Crippen LogP contribution < -0.4 is 5.32 Å². The van der Waals surface area contributed by atoms with Crippen LogP contribution in [0.4, 0.5) is 5.69 Å². The molecule has 1 N–H and O–H groups in total. The zero-order valence-corrected chi connectivity index (χ0v) is 15.9. The zero-order valence-electron chi connectivity index (χ0n) is 15.1. The molecule has 2 amide bonds. The number of hydrogen-bond acceptors (Lipinski definition) is 5. The lowest BCUT2D eigenvalue weighted by molar-refractivity contribution is -0.385. The summed E-state index contributed by atoms with van der Waals surface area (Å²) in [6.45, 7) is 1.78. The lowest BCUT2D eigenvalue weighted by Gasteiger charge is -2.24. The summed E-state index contributed by atoms with van der Waals surface area (Å²) in [7, 11) is 1.68. The maximum Gasteiger partial charge on any atom is 0.270 e. The van der Waals surface area contributed by atoms with Gasteiger partial charge in [0.1, 0.15) is 6.04 Å². The first-order valence-electron chi connectivity index (χ1n) is 8.30. The second-order valence-electron chi connectivity index (χ2n) is 6.00. The lowest BCUT2D eigenvalue weighted by atomic mass is 10.2. The van der Waals surface area contributed by atoms with Gasteiger partial charge in [0.25, 0.3) is 5.69 Å². The number of nitrogens with one attached hydrogen (secondary N) is 1. The van der Waals surface area contributed by atoms with Gasteiger partial charge in [0, 0.05) is 43.3 Å². The second kappa shape index (κ2) is 9.72. The Kier molecular flexibility index (Phi) is 7.36. The molecule has 2 aromatic rings. The van der Waals surface area contributed by atoms with Gasteiger partial charge in [-0.3, -0.25) is 19.7 Å². The number of thioether (sulfide) groups is 1. The molecule has 27 heavy (non-hydrogen) atoms. The molecule has 0 heterocycles. The molecule has 2 aromatic carbocycles. The second-order valence-corrected chi connectivity index (χ2v) is 7.09. The zero-order chi connectivity index (χ0) is 19.8. The fourth-order valence-electron chi connectivity index (χ4n) is 2.49. The Balaban J connectivity index is 2.05. The van der Waals surface area contributed by atoms with Crippen molar-refractivity contribution in [2.24, 2.45) is 0 Å². The third-order valence-corrected chi connectivity index (χ3v) is 4.85. The largest absolute Gasteiger partial charge is 0.344 e. The highest BCUT2D eigenvalue weighted by Crippen LogP contribution is 2.24. The van der Waals surface area contributed by atoms with Crippen molar-refractivity contribution in [3.05, 3.63) is 70.3 Å². The summed E-state index contributed by atoms with van der Waals surface area (Å²) in [4.78, 5) is 36.9. The van der Waals surface area contributed by atoms with Crippen molar-refractivity contribution in [1.29, 1.82) is 0 Å². The standard InChI is InChI=1S/C19H21N3O4S/c1-14(23)20-18(13-27-17-10-6-9-16(11-17)22(25)26)19(24)21(2)12-15-7-4-3-5-8-15/h3-11,18H,12-13H2,1-2H3,(H,20,23). The molecule has 0 saturated carbocycles. The van der Waals surface area contributed by atoms with E-state index in [0.29, 0.717) is 11.4 Å². The van der Waals surface area contributed by atoms with E-state index in [2.05, 4.69) is 5.32 Å². The predicted molar refractivity (Wildman–Crippen MR) is 104 cm³/mol. The van der Waals surface area contributed by atoms with Crippen molar-refractivity contribution in [3.63, 3.8) is 0 Å². The van der Waals surface area contributed by atoms with E-state index in [0.717, 1.165) is 5.56 Å². The van der Waals surface area contributed by atoms with Gasteiger partial charge in [0.05, 0.1) is 4.92 Å². The van der Waals surface area contributed by atoms with Crippen LogP contribution in [0.15, 0.2) is 59.5 Å². The fraction of sp³-hybridized carbons (Fsp3) is 0.263. The molecule has 142 valence electrons. The number of carbonyl (C=O) groups is 2. The van der Waals surface area contributed by atoms with E-state index in [-0.39, 0.29) is 23.3 Å². The van der Waals surface area contributed by atoms with Crippen LogP contribution in [-0.4, -0.2) is 40.5 Å². The number of amides is 2. The Hall–Kier alpha value is -2.87. The summed E-state index contributed by atoms with van der Waals surface area (Å²) in [5, 5.41) is 13.6. The first-order chi connectivity index (χ1) is 12.9. The molecule has 1 unspecified atom stereocenters. The van der Waals surface area contributed by atoms with Gasteiger partial charge in [-0.25, -0.2) is 0 Å². The van der Waals surface area contributed by atoms with Crippen LogP contribution in [0.25, 0.3) is 0 Å². The summed E-state index contributed by atoms with van der Waals surface area (Å²) < 4.78 is 0. The molecule has 7 nitrogen and oxygen atoms in total. The van der Waals surface area contributed by atoms with E-state index < -0.39 is 11.0 Å². The summed E-state index contributed by atoms with van der Waals surface area (Å²) in [5.74, 6) is -0.244. The van der Waals surface area contributed by atoms with Gasteiger partial charge in [-0.1, -0.05) is 36.4 Å². The van der Waals surface area contributed by atoms with Gasteiger partial charge in [-0.15, -0.1) is 11.8 Å². The number of hydrogen-bond donors (Lipinski definition) is 1. The summed E-state index contributed by atoms with van der Waals surface area (Å²) >= 11 is 1.29. The highest BCUT2D eigenvalue weighted by atomic mass is 32.2. The topological polar surface area (TPSA) is 92.5 Å². The number of nitro benzene ring substituents is 1. The highest BCUT2D eigenvalue weighted by Gasteiger charge is 2.23.